The standard InChI is InChI=1S/C18H17F3N4O/c1-25(13-8-6-12(10-22)7-9-13)17-23-11-15(18(19,20)21)16(24-17)26-14-4-2-3-5-14/h6-9,11,14H,2-5H2,1H3. The summed E-state index contributed by atoms with van der Waals surface area (Å²) in [6, 6.07) is 8.60. The molecule has 0 bridgehead atoms. The molecule has 1 aromatic carbocycles. The number of halogens is 3. The van der Waals surface area contributed by atoms with Gasteiger partial charge in [-0.05, 0) is 49.9 Å². The van der Waals surface area contributed by atoms with Crippen molar-refractivity contribution in [1.82, 2.24) is 9.97 Å². The molecule has 0 amide bonds. The maximum atomic E-state index is 13.3. The van der Waals surface area contributed by atoms with E-state index >= 15 is 0 Å². The minimum Gasteiger partial charge on any atom is -0.474 e. The van der Waals surface area contributed by atoms with Gasteiger partial charge < -0.3 is 9.64 Å². The van der Waals surface area contributed by atoms with E-state index in [1.807, 2.05) is 6.07 Å². The minimum atomic E-state index is -4.58. The average Bonchev–Trinajstić information content (AvgIpc) is 3.13. The van der Waals surface area contributed by atoms with E-state index in [1.54, 1.807) is 36.2 Å². The molecule has 1 fully saturated rings. The molecule has 1 aromatic heterocycles. The Bertz CT molecular complexity index is 809. The fourth-order valence-corrected chi connectivity index (χ4v) is 2.84. The number of aromatic nitrogens is 2. The van der Waals surface area contributed by atoms with Crippen molar-refractivity contribution in [2.45, 2.75) is 38.0 Å². The number of alkyl halides is 3. The second kappa shape index (κ2) is 7.20. The number of nitriles is 1. The molecule has 0 saturated heterocycles. The van der Waals surface area contributed by atoms with Gasteiger partial charge in [-0.2, -0.15) is 23.4 Å². The molecule has 5 nitrogen and oxygen atoms in total. The Kier molecular flexibility index (Phi) is 4.98. The molecule has 0 aliphatic heterocycles. The number of anilines is 2. The van der Waals surface area contributed by atoms with Crippen molar-refractivity contribution >= 4 is 11.6 Å². The quantitative estimate of drug-likeness (QED) is 0.804. The molecule has 1 heterocycles. The predicted molar refractivity (Wildman–Crippen MR) is 89.1 cm³/mol. The van der Waals surface area contributed by atoms with E-state index in [4.69, 9.17) is 10.00 Å². The lowest BCUT2D eigenvalue weighted by Gasteiger charge is -2.21. The van der Waals surface area contributed by atoms with Crippen LogP contribution in [0.3, 0.4) is 0 Å². The zero-order valence-corrected chi connectivity index (χ0v) is 14.1. The third-order valence-electron chi connectivity index (χ3n) is 4.31. The first kappa shape index (κ1) is 18.0. The number of ether oxygens (including phenoxy) is 1. The summed E-state index contributed by atoms with van der Waals surface area (Å²) >= 11 is 0. The van der Waals surface area contributed by atoms with Crippen LogP contribution in [-0.2, 0) is 6.18 Å². The summed E-state index contributed by atoms with van der Waals surface area (Å²) in [6.45, 7) is 0. The summed E-state index contributed by atoms with van der Waals surface area (Å²) in [4.78, 5) is 9.42. The topological polar surface area (TPSA) is 62.0 Å². The minimum absolute atomic E-state index is 0.0932. The van der Waals surface area contributed by atoms with Crippen molar-refractivity contribution in [2.75, 3.05) is 11.9 Å². The molecule has 3 rings (SSSR count). The normalized spacial score (nSPS) is 14.9. The Morgan fingerprint density at radius 2 is 1.85 bits per heavy atom. The highest BCUT2D eigenvalue weighted by Crippen LogP contribution is 2.37. The lowest BCUT2D eigenvalue weighted by molar-refractivity contribution is -0.139. The highest BCUT2D eigenvalue weighted by Gasteiger charge is 2.37. The fraction of sp³-hybridized carbons (Fsp3) is 0.389. The van der Waals surface area contributed by atoms with Crippen LogP contribution in [0.4, 0.5) is 24.8 Å². The maximum Gasteiger partial charge on any atom is 0.423 e. The average molecular weight is 362 g/mol. The second-order valence-electron chi connectivity index (χ2n) is 6.13. The largest absolute Gasteiger partial charge is 0.474 e. The SMILES string of the molecule is CN(c1ccc(C#N)cc1)c1ncc(C(F)(F)F)c(OC2CCCC2)n1. The predicted octanol–water partition coefficient (Wildman–Crippen LogP) is 4.46. The van der Waals surface area contributed by atoms with Gasteiger partial charge in [0, 0.05) is 18.9 Å². The van der Waals surface area contributed by atoms with Gasteiger partial charge in [-0.1, -0.05) is 0 Å². The Morgan fingerprint density at radius 3 is 2.42 bits per heavy atom. The first-order valence-corrected chi connectivity index (χ1v) is 8.23. The molecule has 1 aliphatic carbocycles. The highest BCUT2D eigenvalue weighted by atomic mass is 19.4. The van der Waals surface area contributed by atoms with Crippen LogP contribution in [0, 0.1) is 11.3 Å². The molecule has 1 aliphatic rings. The Hall–Kier alpha value is -2.82. The molecular formula is C18H17F3N4O. The van der Waals surface area contributed by atoms with Crippen LogP contribution >= 0.6 is 0 Å². The van der Waals surface area contributed by atoms with E-state index in [0.717, 1.165) is 31.9 Å². The van der Waals surface area contributed by atoms with E-state index in [0.29, 0.717) is 11.3 Å². The molecule has 0 spiro atoms. The molecule has 0 N–H and O–H groups in total. The van der Waals surface area contributed by atoms with E-state index < -0.39 is 17.6 Å². The maximum absolute atomic E-state index is 13.3. The van der Waals surface area contributed by atoms with Crippen LogP contribution in [0.5, 0.6) is 5.88 Å². The third-order valence-corrected chi connectivity index (χ3v) is 4.31. The van der Waals surface area contributed by atoms with E-state index in [9.17, 15) is 13.2 Å². The summed E-state index contributed by atoms with van der Waals surface area (Å²) < 4.78 is 45.3. The summed E-state index contributed by atoms with van der Waals surface area (Å²) in [5.74, 6) is -0.342. The van der Waals surface area contributed by atoms with Crippen molar-refractivity contribution in [1.29, 1.82) is 5.26 Å². The summed E-state index contributed by atoms with van der Waals surface area (Å²) in [5.41, 5.74) is 0.165. The van der Waals surface area contributed by atoms with Gasteiger partial charge in [-0.25, -0.2) is 4.98 Å². The first-order chi connectivity index (χ1) is 12.4. The van der Waals surface area contributed by atoms with Crippen molar-refractivity contribution in [3.63, 3.8) is 0 Å². The van der Waals surface area contributed by atoms with Crippen molar-refractivity contribution < 1.29 is 17.9 Å². The van der Waals surface area contributed by atoms with Crippen LogP contribution in [0.15, 0.2) is 30.5 Å². The monoisotopic (exact) mass is 362 g/mol. The van der Waals surface area contributed by atoms with E-state index in [1.165, 1.54) is 0 Å². The van der Waals surface area contributed by atoms with E-state index in [2.05, 4.69) is 9.97 Å². The Morgan fingerprint density at radius 1 is 1.19 bits per heavy atom. The fourth-order valence-electron chi connectivity index (χ4n) is 2.84. The number of hydrogen-bond donors (Lipinski definition) is 0. The molecule has 0 unspecified atom stereocenters. The molecule has 26 heavy (non-hydrogen) atoms. The second-order valence-corrected chi connectivity index (χ2v) is 6.13. The van der Waals surface area contributed by atoms with Gasteiger partial charge in [0.1, 0.15) is 11.7 Å². The first-order valence-electron chi connectivity index (χ1n) is 8.23. The van der Waals surface area contributed by atoms with Crippen LogP contribution in [0.25, 0.3) is 0 Å². The van der Waals surface area contributed by atoms with E-state index in [-0.39, 0.29) is 12.1 Å². The molecule has 8 heteroatoms. The lowest BCUT2D eigenvalue weighted by atomic mass is 10.2. The molecular weight excluding hydrogens is 345 g/mol. The van der Waals surface area contributed by atoms with Gasteiger partial charge in [0.05, 0.1) is 11.6 Å². The zero-order chi connectivity index (χ0) is 18.7. The van der Waals surface area contributed by atoms with Crippen molar-refractivity contribution in [2.24, 2.45) is 0 Å². The summed E-state index contributed by atoms with van der Waals surface area (Å²) in [7, 11) is 1.64. The smallest absolute Gasteiger partial charge is 0.423 e. The number of hydrogen-bond acceptors (Lipinski definition) is 5. The zero-order valence-electron chi connectivity index (χ0n) is 14.1. The van der Waals surface area contributed by atoms with Gasteiger partial charge in [-0.3, -0.25) is 0 Å². The molecule has 0 radical (unpaired) electrons. The van der Waals surface area contributed by atoms with Gasteiger partial charge in [-0.15, -0.1) is 0 Å². The Balaban J connectivity index is 1.92. The number of benzene rings is 1. The van der Waals surface area contributed by atoms with Crippen LogP contribution < -0.4 is 9.64 Å². The van der Waals surface area contributed by atoms with Crippen LogP contribution in [0.1, 0.15) is 36.8 Å². The van der Waals surface area contributed by atoms with Gasteiger partial charge in [0.15, 0.2) is 0 Å². The van der Waals surface area contributed by atoms with Crippen molar-refractivity contribution in [3.8, 4) is 11.9 Å². The molecule has 136 valence electrons. The van der Waals surface area contributed by atoms with Crippen LogP contribution in [-0.4, -0.2) is 23.1 Å². The molecule has 2 aromatic rings. The van der Waals surface area contributed by atoms with Gasteiger partial charge >= 0.3 is 6.18 Å². The highest BCUT2D eigenvalue weighted by molar-refractivity contribution is 5.58. The van der Waals surface area contributed by atoms with Crippen LogP contribution in [0.2, 0.25) is 0 Å². The van der Waals surface area contributed by atoms with Gasteiger partial charge in [0.25, 0.3) is 0 Å². The lowest BCUT2D eigenvalue weighted by Crippen LogP contribution is -2.20. The Labute approximate surface area is 149 Å². The summed E-state index contributed by atoms with van der Waals surface area (Å²) in [6.07, 6.45) is -0.750. The van der Waals surface area contributed by atoms with Gasteiger partial charge in [0.2, 0.25) is 11.8 Å². The van der Waals surface area contributed by atoms with Crippen molar-refractivity contribution in [3.05, 3.63) is 41.6 Å². The molecule has 1 saturated carbocycles. The number of nitrogens with zero attached hydrogens (tertiary/aromatic N) is 4. The molecule has 0 atom stereocenters. The summed E-state index contributed by atoms with van der Waals surface area (Å²) in [5, 5.41) is 8.85. The number of rotatable bonds is 4. The third kappa shape index (κ3) is 3.87.